The topological polar surface area (TPSA) is 17.0 Å². The highest BCUT2D eigenvalue weighted by atomic mass is 16.3. The van der Waals surface area contributed by atoms with Crippen LogP contribution in [0.1, 0.15) is 0 Å². The molecule has 2 aromatic carbocycles. The lowest BCUT2D eigenvalue weighted by molar-refractivity contribution is -0.671. The van der Waals surface area contributed by atoms with Crippen molar-refractivity contribution in [1.82, 2.24) is 0 Å². The normalized spacial score (nSPS) is 11.2. The van der Waals surface area contributed by atoms with Gasteiger partial charge in [0.15, 0.2) is 12.4 Å². The van der Waals surface area contributed by atoms with Gasteiger partial charge < -0.3 is 4.42 Å². The Morgan fingerprint density at radius 1 is 0.900 bits per heavy atom. The van der Waals surface area contributed by atoms with E-state index in [1.54, 1.807) is 0 Å². The summed E-state index contributed by atoms with van der Waals surface area (Å²) in [5, 5.41) is 3.67. The fourth-order valence-electron chi connectivity index (χ4n) is 2.70. The summed E-state index contributed by atoms with van der Waals surface area (Å²) in [6, 6.07) is 16.8. The molecule has 0 atom stereocenters. The Morgan fingerprint density at radius 3 is 2.55 bits per heavy atom. The van der Waals surface area contributed by atoms with E-state index in [2.05, 4.69) is 54.9 Å². The third kappa shape index (κ3) is 1.62. The minimum atomic E-state index is 0.937. The van der Waals surface area contributed by atoms with Gasteiger partial charge in [-0.25, -0.2) is 4.57 Å². The van der Waals surface area contributed by atoms with Crippen LogP contribution in [0.5, 0.6) is 0 Å². The van der Waals surface area contributed by atoms with Gasteiger partial charge in [-0.05, 0) is 22.4 Å². The first-order chi connectivity index (χ1) is 9.83. The van der Waals surface area contributed by atoms with Gasteiger partial charge in [0.05, 0.1) is 6.26 Å². The third-order valence-electron chi connectivity index (χ3n) is 3.75. The highest BCUT2D eigenvalue weighted by Crippen LogP contribution is 2.35. The van der Waals surface area contributed by atoms with Gasteiger partial charge in [0.2, 0.25) is 0 Å². The van der Waals surface area contributed by atoms with Gasteiger partial charge in [0, 0.05) is 23.1 Å². The second kappa shape index (κ2) is 4.20. The van der Waals surface area contributed by atoms with Crippen molar-refractivity contribution >= 4 is 21.7 Å². The summed E-state index contributed by atoms with van der Waals surface area (Å²) in [5.41, 5.74) is 3.27. The van der Waals surface area contributed by atoms with E-state index in [1.807, 2.05) is 23.9 Å². The third-order valence-corrected chi connectivity index (χ3v) is 3.75. The second-order valence-electron chi connectivity index (χ2n) is 5.06. The van der Waals surface area contributed by atoms with Crippen molar-refractivity contribution in [2.45, 2.75) is 0 Å². The Balaban J connectivity index is 2.09. The zero-order valence-electron chi connectivity index (χ0n) is 11.2. The van der Waals surface area contributed by atoms with Crippen LogP contribution in [0.2, 0.25) is 0 Å². The van der Waals surface area contributed by atoms with Gasteiger partial charge >= 0.3 is 0 Å². The summed E-state index contributed by atoms with van der Waals surface area (Å²) in [6.07, 6.45) is 5.96. The van der Waals surface area contributed by atoms with Crippen molar-refractivity contribution < 1.29 is 8.98 Å². The molecule has 4 rings (SSSR count). The monoisotopic (exact) mass is 260 g/mol. The van der Waals surface area contributed by atoms with Crippen molar-refractivity contribution in [2.75, 3.05) is 0 Å². The van der Waals surface area contributed by atoms with Gasteiger partial charge in [0.25, 0.3) is 0 Å². The van der Waals surface area contributed by atoms with E-state index in [1.165, 1.54) is 21.7 Å². The first-order valence-electron chi connectivity index (χ1n) is 6.67. The summed E-state index contributed by atoms with van der Waals surface area (Å²) in [6.45, 7) is 0. The summed E-state index contributed by atoms with van der Waals surface area (Å²) in [4.78, 5) is 0. The molecule has 0 spiro atoms. The molecule has 2 aromatic heterocycles. The van der Waals surface area contributed by atoms with Crippen molar-refractivity contribution in [3.8, 4) is 11.1 Å². The van der Waals surface area contributed by atoms with E-state index in [0.29, 0.717) is 0 Å². The average Bonchev–Trinajstić information content (AvgIpc) is 2.92. The number of hydrogen-bond donors (Lipinski definition) is 0. The van der Waals surface area contributed by atoms with Crippen molar-refractivity contribution in [3.63, 3.8) is 0 Å². The molecule has 0 aliphatic heterocycles. The number of hydrogen-bond acceptors (Lipinski definition) is 1. The minimum Gasteiger partial charge on any atom is -0.464 e. The number of aromatic nitrogens is 1. The molecular weight excluding hydrogens is 246 g/mol. The van der Waals surface area contributed by atoms with Gasteiger partial charge in [0.1, 0.15) is 12.6 Å². The van der Waals surface area contributed by atoms with Crippen molar-refractivity contribution in [2.24, 2.45) is 7.05 Å². The van der Waals surface area contributed by atoms with Gasteiger partial charge in [-0.2, -0.15) is 0 Å². The Bertz CT molecular complexity index is 904. The largest absolute Gasteiger partial charge is 0.464 e. The van der Waals surface area contributed by atoms with Crippen LogP contribution in [0, 0.1) is 0 Å². The Hall–Kier alpha value is -2.61. The molecule has 0 saturated heterocycles. The second-order valence-corrected chi connectivity index (χ2v) is 5.06. The van der Waals surface area contributed by atoms with Crippen LogP contribution in [-0.2, 0) is 7.05 Å². The molecule has 0 aliphatic rings. The maximum absolute atomic E-state index is 5.73. The molecule has 0 N–H and O–H groups in total. The van der Waals surface area contributed by atoms with Gasteiger partial charge in [-0.1, -0.05) is 30.3 Å². The highest BCUT2D eigenvalue weighted by molar-refractivity contribution is 6.12. The average molecular weight is 260 g/mol. The predicted octanol–water partition coefficient (Wildman–Crippen LogP) is 4.08. The van der Waals surface area contributed by atoms with E-state index < -0.39 is 0 Å². The molecule has 0 radical (unpaired) electrons. The highest BCUT2D eigenvalue weighted by Gasteiger charge is 2.12. The number of rotatable bonds is 1. The van der Waals surface area contributed by atoms with E-state index in [4.69, 9.17) is 4.42 Å². The predicted molar refractivity (Wildman–Crippen MR) is 80.3 cm³/mol. The van der Waals surface area contributed by atoms with Crippen LogP contribution in [0.25, 0.3) is 32.9 Å². The molecule has 0 unspecified atom stereocenters. The van der Waals surface area contributed by atoms with Crippen molar-refractivity contribution in [1.29, 1.82) is 0 Å². The zero-order chi connectivity index (χ0) is 13.5. The molecule has 0 fully saturated rings. The number of nitrogens with zero attached hydrogens (tertiary/aromatic N) is 1. The van der Waals surface area contributed by atoms with E-state index in [0.717, 1.165) is 11.1 Å². The van der Waals surface area contributed by atoms with Crippen LogP contribution in [0.3, 0.4) is 0 Å². The zero-order valence-corrected chi connectivity index (χ0v) is 11.2. The molecule has 0 aliphatic carbocycles. The lowest BCUT2D eigenvalue weighted by Crippen LogP contribution is -2.25. The lowest BCUT2D eigenvalue weighted by atomic mass is 10.0. The lowest BCUT2D eigenvalue weighted by Gasteiger charge is -2.02. The maximum atomic E-state index is 5.73. The maximum Gasteiger partial charge on any atom is 0.169 e. The SMILES string of the molecule is C[n+]1ccc(-c2coc3ccc4ccccc4c23)cc1. The standard InChI is InChI=1S/C18H14NO/c1-19-10-8-14(9-11-19)16-12-20-17-7-6-13-4-2-3-5-15(13)18(16)17/h2-12H,1H3/q+1. The first kappa shape index (κ1) is 11.2. The van der Waals surface area contributed by atoms with Crippen LogP contribution in [-0.4, -0.2) is 0 Å². The first-order valence-corrected chi connectivity index (χ1v) is 6.67. The Labute approximate surface area is 116 Å². The van der Waals surface area contributed by atoms with E-state index >= 15 is 0 Å². The summed E-state index contributed by atoms with van der Waals surface area (Å²) in [5.74, 6) is 0. The van der Waals surface area contributed by atoms with Crippen LogP contribution in [0.15, 0.2) is 71.6 Å². The number of benzene rings is 2. The molecule has 96 valence electrons. The fourth-order valence-corrected chi connectivity index (χ4v) is 2.70. The molecular formula is C18H14NO+. The molecule has 0 saturated carbocycles. The summed E-state index contributed by atoms with van der Waals surface area (Å²) < 4.78 is 7.77. The molecule has 4 aromatic rings. The van der Waals surface area contributed by atoms with Gasteiger partial charge in [-0.3, -0.25) is 0 Å². The van der Waals surface area contributed by atoms with Crippen molar-refractivity contribution in [3.05, 3.63) is 67.2 Å². The van der Waals surface area contributed by atoms with Crippen LogP contribution < -0.4 is 4.57 Å². The molecule has 0 bridgehead atoms. The molecule has 2 nitrogen and oxygen atoms in total. The number of pyridine rings is 1. The van der Waals surface area contributed by atoms with E-state index in [-0.39, 0.29) is 0 Å². The van der Waals surface area contributed by atoms with Crippen LogP contribution >= 0.6 is 0 Å². The quantitative estimate of drug-likeness (QED) is 0.471. The fraction of sp³-hybridized carbons (Fsp3) is 0.0556. The van der Waals surface area contributed by atoms with E-state index in [9.17, 15) is 0 Å². The molecule has 0 amide bonds. The Kier molecular flexibility index (Phi) is 2.36. The number of furan rings is 1. The molecule has 2 heteroatoms. The molecule has 2 heterocycles. The number of aryl methyl sites for hydroxylation is 1. The van der Waals surface area contributed by atoms with Crippen LogP contribution in [0.4, 0.5) is 0 Å². The Morgan fingerprint density at radius 2 is 1.70 bits per heavy atom. The minimum absolute atomic E-state index is 0.937. The smallest absolute Gasteiger partial charge is 0.169 e. The molecule has 20 heavy (non-hydrogen) atoms. The number of fused-ring (bicyclic) bond motifs is 3. The summed E-state index contributed by atoms with van der Waals surface area (Å²) >= 11 is 0. The summed E-state index contributed by atoms with van der Waals surface area (Å²) in [7, 11) is 2.02. The van der Waals surface area contributed by atoms with Gasteiger partial charge in [-0.15, -0.1) is 0 Å².